The SMILES string of the molecule is CNCC(=O)Nc1nc(-c2c[nH]c3ccccc23)cs1. The van der Waals surface area contributed by atoms with E-state index in [1.807, 2.05) is 29.8 Å². The maximum Gasteiger partial charge on any atom is 0.240 e. The first kappa shape index (κ1) is 12.8. The third-order valence-corrected chi connectivity index (χ3v) is 3.71. The maximum absolute atomic E-state index is 11.5. The molecule has 2 aromatic heterocycles. The Morgan fingerprint density at radius 2 is 2.25 bits per heavy atom. The Bertz CT molecular complexity index is 746. The predicted molar refractivity (Wildman–Crippen MR) is 82.0 cm³/mol. The first-order valence-electron chi connectivity index (χ1n) is 6.24. The maximum atomic E-state index is 11.5. The highest BCUT2D eigenvalue weighted by Gasteiger charge is 2.10. The third kappa shape index (κ3) is 2.43. The highest BCUT2D eigenvalue weighted by atomic mass is 32.1. The fourth-order valence-corrected chi connectivity index (χ4v) is 2.79. The molecule has 102 valence electrons. The molecule has 0 atom stereocenters. The molecule has 6 heteroatoms. The molecule has 3 rings (SSSR count). The van der Waals surface area contributed by atoms with E-state index in [0.29, 0.717) is 5.13 Å². The van der Waals surface area contributed by atoms with Crippen LogP contribution in [-0.4, -0.2) is 29.5 Å². The van der Waals surface area contributed by atoms with Gasteiger partial charge in [0.05, 0.1) is 12.2 Å². The molecule has 0 fully saturated rings. The van der Waals surface area contributed by atoms with Gasteiger partial charge in [-0.2, -0.15) is 0 Å². The van der Waals surface area contributed by atoms with Crippen molar-refractivity contribution < 1.29 is 4.79 Å². The van der Waals surface area contributed by atoms with E-state index in [2.05, 4.69) is 26.7 Å². The van der Waals surface area contributed by atoms with Gasteiger partial charge in [-0.3, -0.25) is 4.79 Å². The van der Waals surface area contributed by atoms with Crippen LogP contribution in [0.15, 0.2) is 35.8 Å². The van der Waals surface area contributed by atoms with Crippen LogP contribution in [0.2, 0.25) is 0 Å². The number of aromatic amines is 1. The Balaban J connectivity index is 1.88. The van der Waals surface area contributed by atoms with E-state index >= 15 is 0 Å². The lowest BCUT2D eigenvalue weighted by atomic mass is 10.1. The number of benzene rings is 1. The summed E-state index contributed by atoms with van der Waals surface area (Å²) in [6.07, 6.45) is 1.94. The fraction of sp³-hybridized carbons (Fsp3) is 0.143. The lowest BCUT2D eigenvalue weighted by Crippen LogP contribution is -2.24. The van der Waals surface area contributed by atoms with Crippen LogP contribution < -0.4 is 10.6 Å². The molecule has 0 aliphatic rings. The number of rotatable bonds is 4. The molecule has 3 N–H and O–H groups in total. The number of hydrogen-bond acceptors (Lipinski definition) is 4. The van der Waals surface area contributed by atoms with Gasteiger partial charge in [-0.15, -0.1) is 11.3 Å². The molecule has 0 aliphatic carbocycles. The highest BCUT2D eigenvalue weighted by Crippen LogP contribution is 2.30. The quantitative estimate of drug-likeness (QED) is 0.690. The Morgan fingerprint density at radius 1 is 1.40 bits per heavy atom. The van der Waals surface area contributed by atoms with Crippen molar-refractivity contribution in [3.63, 3.8) is 0 Å². The molecule has 5 nitrogen and oxygen atoms in total. The van der Waals surface area contributed by atoms with E-state index in [4.69, 9.17) is 0 Å². The molecule has 0 bridgehead atoms. The summed E-state index contributed by atoms with van der Waals surface area (Å²) in [7, 11) is 1.73. The smallest absolute Gasteiger partial charge is 0.240 e. The molecule has 2 heterocycles. The van der Waals surface area contributed by atoms with Gasteiger partial charge in [0.15, 0.2) is 5.13 Å². The zero-order valence-corrected chi connectivity index (χ0v) is 11.8. The van der Waals surface area contributed by atoms with E-state index < -0.39 is 0 Å². The summed E-state index contributed by atoms with van der Waals surface area (Å²) in [6, 6.07) is 8.08. The van der Waals surface area contributed by atoms with Gasteiger partial charge in [0.25, 0.3) is 0 Å². The molecule has 0 unspecified atom stereocenters. The van der Waals surface area contributed by atoms with Gasteiger partial charge in [0.1, 0.15) is 0 Å². The lowest BCUT2D eigenvalue weighted by molar-refractivity contribution is -0.115. The van der Waals surface area contributed by atoms with Gasteiger partial charge in [-0.1, -0.05) is 18.2 Å². The van der Waals surface area contributed by atoms with Crippen molar-refractivity contribution >= 4 is 33.3 Å². The number of fused-ring (bicyclic) bond motifs is 1. The number of aromatic nitrogens is 2. The van der Waals surface area contributed by atoms with E-state index in [1.54, 1.807) is 7.05 Å². The highest BCUT2D eigenvalue weighted by molar-refractivity contribution is 7.14. The van der Waals surface area contributed by atoms with Crippen molar-refractivity contribution in [3.8, 4) is 11.3 Å². The van der Waals surface area contributed by atoms with Crippen molar-refractivity contribution in [2.24, 2.45) is 0 Å². The molecule has 20 heavy (non-hydrogen) atoms. The van der Waals surface area contributed by atoms with Crippen LogP contribution in [0.25, 0.3) is 22.2 Å². The first-order chi connectivity index (χ1) is 9.78. The minimum absolute atomic E-state index is 0.0904. The molecule has 3 aromatic rings. The molecular formula is C14H14N4OS. The molecule has 0 saturated carbocycles. The number of anilines is 1. The Hall–Kier alpha value is -2.18. The minimum atomic E-state index is -0.0904. The number of likely N-dealkylation sites (N-methyl/N-ethyl adjacent to an activating group) is 1. The largest absolute Gasteiger partial charge is 0.360 e. The van der Waals surface area contributed by atoms with E-state index in [0.717, 1.165) is 22.2 Å². The zero-order valence-electron chi connectivity index (χ0n) is 10.9. The zero-order chi connectivity index (χ0) is 13.9. The van der Waals surface area contributed by atoms with E-state index in [1.165, 1.54) is 11.3 Å². The number of para-hydroxylation sites is 1. The number of hydrogen-bond donors (Lipinski definition) is 3. The molecule has 0 spiro atoms. The van der Waals surface area contributed by atoms with Crippen molar-refractivity contribution in [2.75, 3.05) is 18.9 Å². The number of H-pyrrole nitrogens is 1. The number of thiazole rings is 1. The van der Waals surface area contributed by atoms with Crippen LogP contribution >= 0.6 is 11.3 Å². The fourth-order valence-electron chi connectivity index (χ4n) is 2.06. The Labute approximate surface area is 120 Å². The average molecular weight is 286 g/mol. The van der Waals surface area contributed by atoms with Crippen molar-refractivity contribution in [3.05, 3.63) is 35.8 Å². The van der Waals surface area contributed by atoms with Crippen LogP contribution in [0.3, 0.4) is 0 Å². The number of carbonyl (C=O) groups excluding carboxylic acids is 1. The molecule has 0 aliphatic heterocycles. The van der Waals surface area contributed by atoms with Crippen molar-refractivity contribution in [2.45, 2.75) is 0 Å². The van der Waals surface area contributed by atoms with Crippen molar-refractivity contribution in [1.82, 2.24) is 15.3 Å². The lowest BCUT2D eigenvalue weighted by Gasteiger charge is -1.99. The summed E-state index contributed by atoms with van der Waals surface area (Å²) in [6.45, 7) is 0.280. The monoisotopic (exact) mass is 286 g/mol. The van der Waals surface area contributed by atoms with Gasteiger partial charge < -0.3 is 15.6 Å². The van der Waals surface area contributed by atoms with Crippen LogP contribution in [0.1, 0.15) is 0 Å². The number of carbonyl (C=O) groups is 1. The second-order valence-corrected chi connectivity index (χ2v) is 5.22. The topological polar surface area (TPSA) is 69.8 Å². The summed E-state index contributed by atoms with van der Waals surface area (Å²) in [5, 5.41) is 9.27. The Kier molecular flexibility index (Phi) is 3.49. The van der Waals surface area contributed by atoms with Gasteiger partial charge in [0, 0.05) is 28.0 Å². The number of amides is 1. The number of nitrogens with zero attached hydrogens (tertiary/aromatic N) is 1. The second-order valence-electron chi connectivity index (χ2n) is 4.36. The second kappa shape index (κ2) is 5.44. The normalized spacial score (nSPS) is 10.8. The number of nitrogens with one attached hydrogen (secondary N) is 3. The Morgan fingerprint density at radius 3 is 3.10 bits per heavy atom. The third-order valence-electron chi connectivity index (χ3n) is 2.95. The minimum Gasteiger partial charge on any atom is -0.360 e. The van der Waals surface area contributed by atoms with Gasteiger partial charge in [-0.05, 0) is 13.1 Å². The van der Waals surface area contributed by atoms with Gasteiger partial charge >= 0.3 is 0 Å². The summed E-state index contributed by atoms with van der Waals surface area (Å²) >= 11 is 1.43. The average Bonchev–Trinajstić information content (AvgIpc) is 3.05. The van der Waals surface area contributed by atoms with Crippen LogP contribution in [-0.2, 0) is 4.79 Å². The van der Waals surface area contributed by atoms with Crippen LogP contribution in [0, 0.1) is 0 Å². The summed E-state index contributed by atoms with van der Waals surface area (Å²) in [5.74, 6) is -0.0904. The molecule has 1 amide bonds. The molecule has 0 radical (unpaired) electrons. The summed E-state index contributed by atoms with van der Waals surface area (Å²) in [4.78, 5) is 19.2. The molecular weight excluding hydrogens is 272 g/mol. The molecule has 0 saturated heterocycles. The summed E-state index contributed by atoms with van der Waals surface area (Å²) in [5.41, 5.74) is 2.99. The van der Waals surface area contributed by atoms with E-state index in [9.17, 15) is 4.79 Å². The van der Waals surface area contributed by atoms with Crippen molar-refractivity contribution in [1.29, 1.82) is 0 Å². The van der Waals surface area contributed by atoms with Gasteiger partial charge in [-0.25, -0.2) is 4.98 Å². The van der Waals surface area contributed by atoms with E-state index in [-0.39, 0.29) is 12.5 Å². The van der Waals surface area contributed by atoms with Crippen LogP contribution in [0.5, 0.6) is 0 Å². The molecule has 1 aromatic carbocycles. The standard InChI is InChI=1S/C14H14N4OS/c1-15-7-13(19)18-14-17-12(8-20-14)10-6-16-11-5-3-2-4-9(10)11/h2-6,8,15-16H,7H2,1H3,(H,17,18,19). The van der Waals surface area contributed by atoms with Gasteiger partial charge in [0.2, 0.25) is 5.91 Å². The summed E-state index contributed by atoms with van der Waals surface area (Å²) < 4.78 is 0. The predicted octanol–water partition coefficient (Wildman–Crippen LogP) is 2.45. The first-order valence-corrected chi connectivity index (χ1v) is 7.12. The van der Waals surface area contributed by atoms with Crippen LogP contribution in [0.4, 0.5) is 5.13 Å².